The summed E-state index contributed by atoms with van der Waals surface area (Å²) in [5.74, 6) is 0.576. The van der Waals surface area contributed by atoms with Gasteiger partial charge in [0.1, 0.15) is 39.1 Å². The summed E-state index contributed by atoms with van der Waals surface area (Å²) < 4.78 is 22.1. The van der Waals surface area contributed by atoms with Gasteiger partial charge in [0.15, 0.2) is 5.58 Å². The van der Waals surface area contributed by atoms with Crippen LogP contribution in [0.1, 0.15) is 25.0 Å². The van der Waals surface area contributed by atoms with E-state index in [1.165, 1.54) is 27.6 Å². The van der Waals surface area contributed by atoms with Crippen LogP contribution in [0.3, 0.4) is 0 Å². The van der Waals surface area contributed by atoms with E-state index in [1.807, 2.05) is 54.6 Å². The predicted octanol–water partition coefficient (Wildman–Crippen LogP) is 13.2. The molecule has 0 amide bonds. The molecule has 1 aliphatic carbocycles. The first kappa shape index (κ1) is 29.3. The van der Waals surface area contributed by atoms with Gasteiger partial charge in [0, 0.05) is 43.3 Å². The highest BCUT2D eigenvalue weighted by Crippen LogP contribution is 2.51. The topological polar surface area (TPSA) is 70.1 Å². The SMILES string of the molecule is CC1(C)c2ccccc2-c2cc3c4ccccc4n(-c4nc(-c5cccc6oc7ccc8c9ccccc9oc8c7c56)c5oc6ccccc6c5n4)c3cc21. The smallest absolute Gasteiger partial charge is 0.236 e. The number of aromatic nitrogens is 3. The monoisotopic (exact) mass is 707 g/mol. The number of hydrogen-bond donors (Lipinski definition) is 0. The lowest BCUT2D eigenvalue weighted by Gasteiger charge is -2.21. The van der Waals surface area contributed by atoms with Gasteiger partial charge in [0.25, 0.3) is 0 Å². The Kier molecular flexibility index (Phi) is 5.36. The highest BCUT2D eigenvalue weighted by atomic mass is 16.3. The molecule has 0 saturated carbocycles. The highest BCUT2D eigenvalue weighted by molar-refractivity contribution is 6.25. The van der Waals surface area contributed by atoms with E-state index in [-0.39, 0.29) is 5.41 Å². The molecule has 0 bridgehead atoms. The second-order valence-corrected chi connectivity index (χ2v) is 15.3. The van der Waals surface area contributed by atoms with E-state index in [0.717, 1.165) is 82.3 Å². The van der Waals surface area contributed by atoms with Crippen molar-refractivity contribution in [3.63, 3.8) is 0 Å². The third-order valence-electron chi connectivity index (χ3n) is 12.0. The van der Waals surface area contributed by atoms with Crippen LogP contribution >= 0.6 is 0 Å². The first-order valence-electron chi connectivity index (χ1n) is 18.7. The predicted molar refractivity (Wildman–Crippen MR) is 221 cm³/mol. The number of nitrogens with zero attached hydrogens (tertiary/aromatic N) is 3. The van der Waals surface area contributed by atoms with Gasteiger partial charge in [0.05, 0.1) is 16.4 Å². The van der Waals surface area contributed by atoms with Crippen molar-refractivity contribution in [3.05, 3.63) is 151 Å². The maximum atomic E-state index is 6.69. The maximum Gasteiger partial charge on any atom is 0.236 e. The Morgan fingerprint density at radius 3 is 2.04 bits per heavy atom. The molecule has 1 aliphatic rings. The van der Waals surface area contributed by atoms with Crippen molar-refractivity contribution in [2.24, 2.45) is 0 Å². The second-order valence-electron chi connectivity index (χ2n) is 15.3. The third kappa shape index (κ3) is 3.68. The lowest BCUT2D eigenvalue weighted by atomic mass is 9.82. The zero-order valence-electron chi connectivity index (χ0n) is 29.8. The first-order chi connectivity index (χ1) is 27.0. The number of benzene rings is 7. The minimum absolute atomic E-state index is 0.169. The van der Waals surface area contributed by atoms with Crippen LogP contribution in [-0.2, 0) is 5.41 Å². The zero-order chi connectivity index (χ0) is 36.2. The summed E-state index contributed by atoms with van der Waals surface area (Å²) >= 11 is 0. The van der Waals surface area contributed by atoms with E-state index in [2.05, 4.69) is 103 Å². The largest absolute Gasteiger partial charge is 0.456 e. The molecule has 0 fully saturated rings. The summed E-state index contributed by atoms with van der Waals surface area (Å²) in [6, 6.07) is 48.7. The van der Waals surface area contributed by atoms with Gasteiger partial charge in [-0.2, -0.15) is 0 Å². The van der Waals surface area contributed by atoms with Crippen LogP contribution in [-0.4, -0.2) is 14.5 Å². The van der Waals surface area contributed by atoms with Gasteiger partial charge in [-0.3, -0.25) is 4.57 Å². The van der Waals surface area contributed by atoms with E-state index in [1.54, 1.807) is 0 Å². The highest BCUT2D eigenvalue weighted by Gasteiger charge is 2.36. The Labute approximate surface area is 312 Å². The molecule has 0 atom stereocenters. The normalized spacial score (nSPS) is 13.8. The average Bonchev–Trinajstić information content (AvgIpc) is 4.01. The third-order valence-corrected chi connectivity index (χ3v) is 12.0. The fourth-order valence-corrected chi connectivity index (χ4v) is 9.52. The number of rotatable bonds is 2. The minimum atomic E-state index is -0.169. The van der Waals surface area contributed by atoms with Gasteiger partial charge in [-0.15, -0.1) is 0 Å². The van der Waals surface area contributed by atoms with E-state index >= 15 is 0 Å². The summed E-state index contributed by atoms with van der Waals surface area (Å²) in [5.41, 5.74) is 14.0. The fraction of sp³-hybridized carbons (Fsp3) is 0.0612. The molecule has 5 aromatic heterocycles. The molecule has 12 aromatic rings. The summed E-state index contributed by atoms with van der Waals surface area (Å²) in [4.78, 5) is 10.9. The van der Waals surface area contributed by atoms with Crippen LogP contribution in [0.15, 0.2) is 153 Å². The summed E-state index contributed by atoms with van der Waals surface area (Å²) in [6.45, 7) is 4.65. The van der Waals surface area contributed by atoms with Crippen molar-refractivity contribution >= 4 is 87.8 Å². The van der Waals surface area contributed by atoms with E-state index in [4.69, 9.17) is 23.2 Å². The molecule has 0 N–H and O–H groups in total. The lowest BCUT2D eigenvalue weighted by Crippen LogP contribution is -2.15. The van der Waals surface area contributed by atoms with Crippen LogP contribution in [0.25, 0.3) is 116 Å². The molecule has 13 rings (SSSR count). The molecule has 0 unspecified atom stereocenters. The van der Waals surface area contributed by atoms with Crippen molar-refractivity contribution in [2.45, 2.75) is 19.3 Å². The number of furan rings is 3. The maximum absolute atomic E-state index is 6.69. The van der Waals surface area contributed by atoms with Gasteiger partial charge >= 0.3 is 0 Å². The Morgan fingerprint density at radius 2 is 1.15 bits per heavy atom. The fourth-order valence-electron chi connectivity index (χ4n) is 9.52. The Balaban J connectivity index is 1.17. The molecule has 0 spiro atoms. The van der Waals surface area contributed by atoms with Crippen molar-refractivity contribution in [3.8, 4) is 28.3 Å². The summed E-state index contributed by atoms with van der Waals surface area (Å²) in [7, 11) is 0. The molecule has 7 aromatic carbocycles. The lowest BCUT2D eigenvalue weighted by molar-refractivity contribution is 0.661. The quantitative estimate of drug-likeness (QED) is 0.179. The zero-order valence-corrected chi connectivity index (χ0v) is 29.8. The molecule has 258 valence electrons. The molecule has 0 radical (unpaired) electrons. The van der Waals surface area contributed by atoms with Gasteiger partial charge in [-0.25, -0.2) is 9.97 Å². The average molecular weight is 708 g/mol. The molecule has 0 aliphatic heterocycles. The molecular formula is C49H29N3O3. The minimum Gasteiger partial charge on any atom is -0.456 e. The van der Waals surface area contributed by atoms with Crippen molar-refractivity contribution < 1.29 is 13.3 Å². The molecule has 6 nitrogen and oxygen atoms in total. The van der Waals surface area contributed by atoms with Gasteiger partial charge < -0.3 is 13.3 Å². The Morgan fingerprint density at radius 1 is 0.455 bits per heavy atom. The van der Waals surface area contributed by atoms with E-state index < -0.39 is 0 Å². The van der Waals surface area contributed by atoms with E-state index in [9.17, 15) is 0 Å². The van der Waals surface area contributed by atoms with Crippen molar-refractivity contribution in [1.82, 2.24) is 14.5 Å². The van der Waals surface area contributed by atoms with Crippen LogP contribution < -0.4 is 0 Å². The standard InChI is InChI=1S/C49H29N3O3/c1-49(2)34-17-7-3-12-26(34)32-24-33-27-13-4-8-18-36(27)52(37(33)25-35(32)49)48-50-44-30-15-6-10-20-39(30)55-47(44)45(51-48)31-16-11-21-40-42(31)43-41(53-40)23-22-29-28-14-5-9-19-38(28)54-46(29)43/h3-25H,1-2H3. The Hall–Kier alpha value is -7.18. The van der Waals surface area contributed by atoms with Crippen LogP contribution in [0, 0.1) is 0 Å². The van der Waals surface area contributed by atoms with E-state index in [0.29, 0.717) is 17.2 Å². The number of hydrogen-bond acceptors (Lipinski definition) is 5. The van der Waals surface area contributed by atoms with Gasteiger partial charge in [0.2, 0.25) is 5.95 Å². The van der Waals surface area contributed by atoms with Crippen LogP contribution in [0.2, 0.25) is 0 Å². The van der Waals surface area contributed by atoms with Gasteiger partial charge in [-0.1, -0.05) is 98.8 Å². The first-order valence-corrected chi connectivity index (χ1v) is 18.7. The molecule has 6 heteroatoms. The molecule has 0 saturated heterocycles. The van der Waals surface area contributed by atoms with Crippen LogP contribution in [0.5, 0.6) is 0 Å². The number of para-hydroxylation sites is 3. The van der Waals surface area contributed by atoms with Crippen molar-refractivity contribution in [1.29, 1.82) is 0 Å². The molecule has 55 heavy (non-hydrogen) atoms. The summed E-state index contributed by atoms with van der Waals surface area (Å²) in [6.07, 6.45) is 0. The van der Waals surface area contributed by atoms with Gasteiger partial charge in [-0.05, 0) is 76.9 Å². The molecule has 5 heterocycles. The summed E-state index contributed by atoms with van der Waals surface area (Å²) in [5, 5.41) is 7.20. The number of fused-ring (bicyclic) bond motifs is 16. The Bertz CT molecular complexity index is 3650. The van der Waals surface area contributed by atoms with Crippen molar-refractivity contribution in [2.75, 3.05) is 0 Å². The van der Waals surface area contributed by atoms with Crippen LogP contribution in [0.4, 0.5) is 0 Å². The molecular weight excluding hydrogens is 679 g/mol. The second kappa shape index (κ2) is 10.1.